The van der Waals surface area contributed by atoms with Crippen LogP contribution in [0.25, 0.3) is 0 Å². The van der Waals surface area contributed by atoms with Gasteiger partial charge in [0.1, 0.15) is 6.04 Å². The van der Waals surface area contributed by atoms with Gasteiger partial charge < -0.3 is 10.1 Å². The van der Waals surface area contributed by atoms with Gasteiger partial charge >= 0.3 is 5.97 Å². The first kappa shape index (κ1) is 23.4. The molecule has 0 unspecified atom stereocenters. The predicted octanol–water partition coefficient (Wildman–Crippen LogP) is 3.58. The molecule has 2 aromatic carbocycles. The lowest BCUT2D eigenvalue weighted by molar-refractivity contribution is -0.116. The van der Waals surface area contributed by atoms with E-state index in [1.807, 2.05) is 19.1 Å². The second-order valence-electron chi connectivity index (χ2n) is 7.26. The molecule has 0 spiro atoms. The standard InChI is InChI=1S/C22H28N2O5S/c1-7-29-22(26)18-10-11-19(16(4)13-18)23-21(25)17(5)24(30(6,27)28)20-12-14(2)8-9-15(20)3/h8-13,17H,7H2,1-6H3,(H,23,25)/t17-/m1/s1. The first-order chi connectivity index (χ1) is 14.0. The Hall–Kier alpha value is -2.87. The van der Waals surface area contributed by atoms with E-state index in [1.165, 1.54) is 0 Å². The average Bonchev–Trinajstić information content (AvgIpc) is 2.65. The van der Waals surface area contributed by atoms with Crippen molar-refractivity contribution in [2.24, 2.45) is 0 Å². The summed E-state index contributed by atoms with van der Waals surface area (Å²) in [4.78, 5) is 24.8. The summed E-state index contributed by atoms with van der Waals surface area (Å²) in [6, 6.07) is 9.27. The fourth-order valence-corrected chi connectivity index (χ4v) is 4.34. The molecule has 0 aliphatic rings. The third-order valence-electron chi connectivity index (χ3n) is 4.69. The first-order valence-corrected chi connectivity index (χ1v) is 11.5. The summed E-state index contributed by atoms with van der Waals surface area (Å²) in [5, 5.41) is 2.77. The van der Waals surface area contributed by atoms with Gasteiger partial charge in [-0.2, -0.15) is 0 Å². The summed E-state index contributed by atoms with van der Waals surface area (Å²) < 4.78 is 31.2. The molecule has 2 aromatic rings. The van der Waals surface area contributed by atoms with Gasteiger partial charge in [0.15, 0.2) is 0 Å². The zero-order chi connectivity index (χ0) is 22.6. The van der Waals surface area contributed by atoms with E-state index in [0.29, 0.717) is 22.5 Å². The topological polar surface area (TPSA) is 92.8 Å². The van der Waals surface area contributed by atoms with E-state index in [0.717, 1.165) is 21.7 Å². The van der Waals surface area contributed by atoms with Crippen molar-refractivity contribution in [1.82, 2.24) is 0 Å². The lowest BCUT2D eigenvalue weighted by Crippen LogP contribution is -2.45. The molecule has 0 fully saturated rings. The molecule has 0 heterocycles. The highest BCUT2D eigenvalue weighted by Crippen LogP contribution is 2.27. The van der Waals surface area contributed by atoms with E-state index in [1.54, 1.807) is 52.0 Å². The van der Waals surface area contributed by atoms with E-state index in [-0.39, 0.29) is 6.61 Å². The van der Waals surface area contributed by atoms with Gasteiger partial charge in [-0.1, -0.05) is 12.1 Å². The fraction of sp³-hybridized carbons (Fsp3) is 0.364. The Bertz CT molecular complexity index is 1060. The maximum Gasteiger partial charge on any atom is 0.338 e. The zero-order valence-corrected chi connectivity index (χ0v) is 19.0. The van der Waals surface area contributed by atoms with Crippen LogP contribution in [0.15, 0.2) is 36.4 Å². The van der Waals surface area contributed by atoms with Gasteiger partial charge in [0.2, 0.25) is 15.9 Å². The molecular formula is C22H28N2O5S. The van der Waals surface area contributed by atoms with Crippen molar-refractivity contribution in [3.8, 4) is 0 Å². The molecule has 30 heavy (non-hydrogen) atoms. The molecule has 2 rings (SSSR count). The maximum atomic E-state index is 12.9. The van der Waals surface area contributed by atoms with E-state index >= 15 is 0 Å². The summed E-state index contributed by atoms with van der Waals surface area (Å²) in [5.41, 5.74) is 3.65. The summed E-state index contributed by atoms with van der Waals surface area (Å²) in [6.07, 6.45) is 1.08. The smallest absolute Gasteiger partial charge is 0.338 e. The molecule has 0 saturated carbocycles. The van der Waals surface area contributed by atoms with Crippen molar-refractivity contribution < 1.29 is 22.7 Å². The second-order valence-corrected chi connectivity index (χ2v) is 9.12. The number of carbonyl (C=O) groups is 2. The lowest BCUT2D eigenvalue weighted by Gasteiger charge is -2.30. The Morgan fingerprint density at radius 1 is 1.07 bits per heavy atom. The molecule has 0 aliphatic carbocycles. The number of benzene rings is 2. The SMILES string of the molecule is CCOC(=O)c1ccc(NC(=O)[C@@H](C)N(c2cc(C)ccc2C)S(C)(=O)=O)c(C)c1. The van der Waals surface area contributed by atoms with Crippen LogP contribution in [0.5, 0.6) is 0 Å². The number of rotatable bonds is 7. The lowest BCUT2D eigenvalue weighted by atomic mass is 10.1. The Kier molecular flexibility index (Phi) is 7.25. The van der Waals surface area contributed by atoms with E-state index in [9.17, 15) is 18.0 Å². The number of amides is 1. The molecular weight excluding hydrogens is 404 g/mol. The van der Waals surface area contributed by atoms with Gasteiger partial charge in [-0.3, -0.25) is 9.10 Å². The van der Waals surface area contributed by atoms with Crippen LogP contribution < -0.4 is 9.62 Å². The number of anilines is 2. The molecule has 7 nitrogen and oxygen atoms in total. The summed E-state index contributed by atoms with van der Waals surface area (Å²) >= 11 is 0. The molecule has 162 valence electrons. The predicted molar refractivity (Wildman–Crippen MR) is 118 cm³/mol. The van der Waals surface area contributed by atoms with Crippen molar-refractivity contribution in [2.45, 2.75) is 40.7 Å². The zero-order valence-electron chi connectivity index (χ0n) is 18.1. The van der Waals surface area contributed by atoms with Crippen LogP contribution in [-0.4, -0.2) is 39.2 Å². The fourth-order valence-electron chi connectivity index (χ4n) is 3.12. The van der Waals surface area contributed by atoms with Gasteiger partial charge in [0, 0.05) is 5.69 Å². The van der Waals surface area contributed by atoms with Gasteiger partial charge in [-0.25, -0.2) is 13.2 Å². The largest absolute Gasteiger partial charge is 0.462 e. The van der Waals surface area contributed by atoms with Crippen LogP contribution in [0.3, 0.4) is 0 Å². The molecule has 1 amide bonds. The number of hydrogen-bond donors (Lipinski definition) is 1. The van der Waals surface area contributed by atoms with Crippen molar-refractivity contribution in [2.75, 3.05) is 22.5 Å². The van der Waals surface area contributed by atoms with E-state index < -0.39 is 27.9 Å². The molecule has 0 radical (unpaired) electrons. The van der Waals surface area contributed by atoms with Crippen LogP contribution in [0.2, 0.25) is 0 Å². The number of esters is 1. The third kappa shape index (κ3) is 5.38. The number of hydrogen-bond acceptors (Lipinski definition) is 5. The molecule has 8 heteroatoms. The highest BCUT2D eigenvalue weighted by atomic mass is 32.2. The average molecular weight is 433 g/mol. The van der Waals surface area contributed by atoms with E-state index in [4.69, 9.17) is 4.74 Å². The summed E-state index contributed by atoms with van der Waals surface area (Å²) in [6.45, 7) is 8.96. The van der Waals surface area contributed by atoms with E-state index in [2.05, 4.69) is 5.32 Å². The minimum absolute atomic E-state index is 0.271. The minimum atomic E-state index is -3.72. The molecule has 0 aliphatic heterocycles. The highest BCUT2D eigenvalue weighted by molar-refractivity contribution is 7.92. The Morgan fingerprint density at radius 2 is 1.73 bits per heavy atom. The van der Waals surface area contributed by atoms with Crippen LogP contribution >= 0.6 is 0 Å². The monoisotopic (exact) mass is 432 g/mol. The Balaban J connectivity index is 2.32. The van der Waals surface area contributed by atoms with Crippen molar-refractivity contribution >= 4 is 33.3 Å². The van der Waals surface area contributed by atoms with Crippen LogP contribution in [0.1, 0.15) is 40.9 Å². The third-order valence-corrected chi connectivity index (χ3v) is 5.91. The van der Waals surface area contributed by atoms with Crippen LogP contribution in [0, 0.1) is 20.8 Å². The quantitative estimate of drug-likeness (QED) is 0.675. The van der Waals surface area contributed by atoms with Crippen LogP contribution in [-0.2, 0) is 19.6 Å². The summed E-state index contributed by atoms with van der Waals surface area (Å²) in [5.74, 6) is -0.918. The number of aryl methyl sites for hydroxylation is 3. The maximum absolute atomic E-state index is 12.9. The highest BCUT2D eigenvalue weighted by Gasteiger charge is 2.30. The number of ether oxygens (including phenoxy) is 1. The van der Waals surface area contributed by atoms with Gasteiger partial charge in [-0.15, -0.1) is 0 Å². The van der Waals surface area contributed by atoms with Crippen molar-refractivity contribution in [3.05, 3.63) is 58.7 Å². The molecule has 1 atom stereocenters. The molecule has 0 aromatic heterocycles. The normalized spacial score (nSPS) is 12.2. The second kappa shape index (κ2) is 9.30. The first-order valence-electron chi connectivity index (χ1n) is 9.61. The number of carbonyl (C=O) groups excluding carboxylic acids is 2. The van der Waals surface area contributed by atoms with Crippen molar-refractivity contribution in [3.63, 3.8) is 0 Å². The molecule has 0 saturated heterocycles. The Morgan fingerprint density at radius 3 is 2.30 bits per heavy atom. The Labute approximate surface area is 178 Å². The van der Waals surface area contributed by atoms with Crippen LogP contribution in [0.4, 0.5) is 11.4 Å². The number of nitrogens with zero attached hydrogens (tertiary/aromatic N) is 1. The summed E-state index contributed by atoms with van der Waals surface area (Å²) in [7, 11) is -3.72. The van der Waals surface area contributed by atoms with Gasteiger partial charge in [0.25, 0.3) is 0 Å². The minimum Gasteiger partial charge on any atom is -0.462 e. The van der Waals surface area contributed by atoms with Gasteiger partial charge in [-0.05, 0) is 75.6 Å². The number of sulfonamides is 1. The van der Waals surface area contributed by atoms with Gasteiger partial charge in [0.05, 0.1) is 24.1 Å². The van der Waals surface area contributed by atoms with Crippen molar-refractivity contribution in [1.29, 1.82) is 0 Å². The number of nitrogens with one attached hydrogen (secondary N) is 1. The molecule has 1 N–H and O–H groups in total. The molecule has 0 bridgehead atoms.